The lowest BCUT2D eigenvalue weighted by atomic mass is 10.2. The fraction of sp³-hybridized carbons (Fsp3) is 0.154. The smallest absolute Gasteiger partial charge is 0.409 e. The normalized spacial score (nSPS) is 11.6. The second-order valence-corrected chi connectivity index (χ2v) is 6.88. The highest BCUT2D eigenvalue weighted by atomic mass is 16.6. The van der Waals surface area contributed by atoms with Crippen LogP contribution in [0.3, 0.4) is 0 Å². The monoisotopic (exact) mass is 431 g/mol. The molecule has 0 aromatic heterocycles. The molecule has 32 heavy (non-hydrogen) atoms. The Bertz CT molecular complexity index is 991. The zero-order valence-corrected chi connectivity index (χ0v) is 17.6. The fourth-order valence-electron chi connectivity index (χ4n) is 2.73. The zero-order chi connectivity index (χ0) is 22.4. The molecule has 0 saturated heterocycles. The number of ether oxygens (including phenoxy) is 3. The minimum atomic E-state index is -0.872. The number of esters is 1. The average Bonchev–Trinajstić information content (AvgIpc) is 2.85. The van der Waals surface area contributed by atoms with Gasteiger partial charge in [-0.25, -0.2) is 9.59 Å². The summed E-state index contributed by atoms with van der Waals surface area (Å²) in [6, 6.07) is 28.2. The molecule has 164 valence electrons. The lowest BCUT2D eigenvalue weighted by molar-refractivity contribution is -0.139. The van der Waals surface area contributed by atoms with Crippen molar-refractivity contribution in [1.82, 2.24) is 5.32 Å². The van der Waals surface area contributed by atoms with Gasteiger partial charge >= 0.3 is 12.1 Å². The molecule has 1 atom stereocenters. The van der Waals surface area contributed by atoms with Gasteiger partial charge in [0.25, 0.3) is 0 Å². The van der Waals surface area contributed by atoms with Crippen LogP contribution >= 0.6 is 0 Å². The summed E-state index contributed by atoms with van der Waals surface area (Å²) in [5, 5.41) is 2.61. The third-order valence-corrected chi connectivity index (χ3v) is 4.38. The van der Waals surface area contributed by atoms with Crippen LogP contribution in [0.2, 0.25) is 0 Å². The Morgan fingerprint density at radius 2 is 1.16 bits per heavy atom. The molecular formula is C26H25NO5. The second-order valence-electron chi connectivity index (χ2n) is 6.88. The molecule has 1 amide bonds. The summed E-state index contributed by atoms with van der Waals surface area (Å²) in [5.41, 5.74) is 2.68. The molecule has 3 rings (SSSR count). The molecule has 6 nitrogen and oxygen atoms in total. The summed E-state index contributed by atoms with van der Waals surface area (Å²) in [6.45, 7) is 0.529. The first-order chi connectivity index (χ1) is 15.7. The van der Waals surface area contributed by atoms with Crippen LogP contribution in [0.5, 0.6) is 0 Å². The first kappa shape index (κ1) is 22.8. The van der Waals surface area contributed by atoms with Crippen molar-refractivity contribution in [2.45, 2.75) is 26.0 Å². The van der Waals surface area contributed by atoms with Gasteiger partial charge in [-0.3, -0.25) is 5.32 Å². The highest BCUT2D eigenvalue weighted by Gasteiger charge is 2.12. The van der Waals surface area contributed by atoms with Crippen molar-refractivity contribution < 1.29 is 23.8 Å². The summed E-state index contributed by atoms with van der Waals surface area (Å²) < 4.78 is 16.2. The Labute approximate surface area is 187 Å². The zero-order valence-electron chi connectivity index (χ0n) is 17.6. The molecular weight excluding hydrogens is 406 g/mol. The van der Waals surface area contributed by atoms with Gasteiger partial charge in [0.2, 0.25) is 0 Å². The van der Waals surface area contributed by atoms with Gasteiger partial charge in [0.1, 0.15) is 13.2 Å². The second kappa shape index (κ2) is 12.7. The van der Waals surface area contributed by atoms with E-state index in [1.54, 1.807) is 0 Å². The minimum Gasteiger partial charge on any atom is -0.458 e. The molecule has 6 heteroatoms. The number of hydrogen-bond donors (Lipinski definition) is 1. The molecule has 0 saturated carbocycles. The van der Waals surface area contributed by atoms with E-state index in [2.05, 4.69) is 5.32 Å². The van der Waals surface area contributed by atoms with E-state index in [4.69, 9.17) is 14.2 Å². The van der Waals surface area contributed by atoms with Gasteiger partial charge in [-0.15, -0.1) is 0 Å². The summed E-state index contributed by atoms with van der Waals surface area (Å²) in [7, 11) is 0. The van der Waals surface area contributed by atoms with Gasteiger partial charge in [0, 0.05) is 6.08 Å². The van der Waals surface area contributed by atoms with E-state index < -0.39 is 18.3 Å². The third kappa shape index (κ3) is 8.45. The molecule has 1 N–H and O–H groups in total. The topological polar surface area (TPSA) is 73.9 Å². The standard InChI is InChI=1S/C26H25NO5/c28-25(31-19-22-12-6-2-7-13-22)17-16-24(30-18-21-10-4-1-5-11-21)27-26(29)32-20-23-14-8-3-9-15-23/h1-17,24H,18-20H2,(H,27,29)/b17-16+/t24-/m0/s1. The SMILES string of the molecule is O=C(/C=C/[C@@H](NC(=O)OCc1ccccc1)OCc1ccccc1)OCc1ccccc1. The van der Waals surface area contributed by atoms with Crippen LogP contribution in [0.25, 0.3) is 0 Å². The van der Waals surface area contributed by atoms with Crippen molar-refractivity contribution in [1.29, 1.82) is 0 Å². The van der Waals surface area contributed by atoms with Crippen LogP contribution in [0.4, 0.5) is 4.79 Å². The summed E-state index contributed by atoms with van der Waals surface area (Å²) >= 11 is 0. The first-order valence-corrected chi connectivity index (χ1v) is 10.2. The number of alkyl carbamates (subject to hydrolysis) is 1. The number of carbonyl (C=O) groups excluding carboxylic acids is 2. The van der Waals surface area contributed by atoms with E-state index in [0.717, 1.165) is 16.7 Å². The molecule has 0 bridgehead atoms. The van der Waals surface area contributed by atoms with Crippen molar-refractivity contribution in [2.24, 2.45) is 0 Å². The molecule has 0 fully saturated rings. The Morgan fingerprint density at radius 1 is 0.688 bits per heavy atom. The Morgan fingerprint density at radius 3 is 1.69 bits per heavy atom. The van der Waals surface area contributed by atoms with E-state index in [9.17, 15) is 9.59 Å². The van der Waals surface area contributed by atoms with Gasteiger partial charge in [0.05, 0.1) is 6.61 Å². The Balaban J connectivity index is 1.54. The largest absolute Gasteiger partial charge is 0.458 e. The lowest BCUT2D eigenvalue weighted by Crippen LogP contribution is -2.36. The van der Waals surface area contributed by atoms with Gasteiger partial charge in [-0.05, 0) is 22.8 Å². The van der Waals surface area contributed by atoms with Gasteiger partial charge in [-0.1, -0.05) is 91.0 Å². The molecule has 0 heterocycles. The number of benzene rings is 3. The highest BCUT2D eigenvalue weighted by molar-refractivity contribution is 5.82. The maximum atomic E-state index is 12.2. The Kier molecular flexibility index (Phi) is 9.05. The number of amides is 1. The van der Waals surface area contributed by atoms with Crippen LogP contribution in [0, 0.1) is 0 Å². The van der Waals surface area contributed by atoms with Gasteiger partial charge in [0.15, 0.2) is 6.23 Å². The van der Waals surface area contributed by atoms with Crippen LogP contribution in [-0.2, 0) is 38.8 Å². The number of rotatable bonds is 10. The van der Waals surface area contributed by atoms with Crippen LogP contribution in [-0.4, -0.2) is 18.3 Å². The van der Waals surface area contributed by atoms with Crippen LogP contribution < -0.4 is 5.32 Å². The first-order valence-electron chi connectivity index (χ1n) is 10.2. The highest BCUT2D eigenvalue weighted by Crippen LogP contribution is 2.06. The van der Waals surface area contributed by atoms with E-state index in [1.807, 2.05) is 91.0 Å². The molecule has 0 radical (unpaired) electrons. The number of nitrogens with one attached hydrogen (secondary N) is 1. The van der Waals surface area contributed by atoms with Crippen molar-refractivity contribution in [2.75, 3.05) is 0 Å². The molecule has 0 aliphatic carbocycles. The Hall–Kier alpha value is -3.90. The van der Waals surface area contributed by atoms with E-state index in [0.29, 0.717) is 0 Å². The quantitative estimate of drug-likeness (QED) is 0.285. The lowest BCUT2D eigenvalue weighted by Gasteiger charge is -2.16. The maximum absolute atomic E-state index is 12.2. The summed E-state index contributed by atoms with van der Waals surface area (Å²) in [4.78, 5) is 24.3. The predicted octanol–water partition coefficient (Wildman–Crippen LogP) is 4.76. The van der Waals surface area contributed by atoms with Gasteiger partial charge < -0.3 is 14.2 Å². The van der Waals surface area contributed by atoms with Gasteiger partial charge in [-0.2, -0.15) is 0 Å². The minimum absolute atomic E-state index is 0.126. The predicted molar refractivity (Wildman–Crippen MR) is 120 cm³/mol. The summed E-state index contributed by atoms with van der Waals surface area (Å²) in [5.74, 6) is -0.540. The van der Waals surface area contributed by atoms with Crippen LogP contribution in [0.15, 0.2) is 103 Å². The van der Waals surface area contributed by atoms with E-state index >= 15 is 0 Å². The number of carbonyl (C=O) groups is 2. The third-order valence-electron chi connectivity index (χ3n) is 4.38. The van der Waals surface area contributed by atoms with E-state index in [-0.39, 0.29) is 19.8 Å². The molecule has 0 aliphatic rings. The molecule has 0 spiro atoms. The van der Waals surface area contributed by atoms with Crippen LogP contribution in [0.1, 0.15) is 16.7 Å². The van der Waals surface area contributed by atoms with Crippen molar-refractivity contribution >= 4 is 12.1 Å². The maximum Gasteiger partial charge on any atom is 0.409 e. The fourth-order valence-corrected chi connectivity index (χ4v) is 2.73. The molecule has 3 aromatic carbocycles. The molecule has 3 aromatic rings. The molecule has 0 aliphatic heterocycles. The van der Waals surface area contributed by atoms with Crippen molar-refractivity contribution in [3.63, 3.8) is 0 Å². The van der Waals surface area contributed by atoms with Crippen molar-refractivity contribution in [3.05, 3.63) is 120 Å². The summed E-state index contributed by atoms with van der Waals surface area (Å²) in [6.07, 6.45) is 1.13. The number of hydrogen-bond acceptors (Lipinski definition) is 5. The molecule has 0 unspecified atom stereocenters. The van der Waals surface area contributed by atoms with Crippen molar-refractivity contribution in [3.8, 4) is 0 Å². The van der Waals surface area contributed by atoms with E-state index in [1.165, 1.54) is 12.2 Å². The average molecular weight is 431 g/mol.